The molecule has 2 aromatic rings. The molecule has 2 rings (SSSR count). The molecule has 104 valence electrons. The van der Waals surface area contributed by atoms with Crippen LogP contribution in [-0.4, -0.2) is 15.7 Å². The molecule has 2 nitrogen and oxygen atoms in total. The Bertz CT molecular complexity index is 601. The molecule has 2 aromatic carbocycles. The van der Waals surface area contributed by atoms with Crippen LogP contribution in [0.4, 0.5) is 0 Å². The number of hydrogen-bond donors (Lipinski definition) is 0. The minimum Gasteiger partial charge on any atom is -0.293 e. The van der Waals surface area contributed by atoms with Gasteiger partial charge in [0.1, 0.15) is 0 Å². The number of carbonyl (C=O) groups is 1. The number of hydrogen-bond acceptors (Lipinski definition) is 2. The predicted octanol–water partition coefficient (Wildman–Crippen LogP) is 3.80. The number of benzene rings is 2. The van der Waals surface area contributed by atoms with Crippen molar-refractivity contribution in [1.29, 1.82) is 0 Å². The molecule has 0 radical (unpaired) electrons. The molecular formula is C17H18O2S. The lowest BCUT2D eigenvalue weighted by Gasteiger charge is -2.06. The van der Waals surface area contributed by atoms with Crippen molar-refractivity contribution in [2.24, 2.45) is 0 Å². The van der Waals surface area contributed by atoms with Crippen LogP contribution >= 0.6 is 0 Å². The van der Waals surface area contributed by atoms with Crippen LogP contribution in [-0.2, 0) is 10.8 Å². The summed E-state index contributed by atoms with van der Waals surface area (Å²) in [5.41, 5.74) is 1.82. The van der Waals surface area contributed by atoms with Crippen LogP contribution in [0.15, 0.2) is 59.5 Å². The molecule has 0 aliphatic heterocycles. The van der Waals surface area contributed by atoms with E-state index >= 15 is 0 Å². The predicted molar refractivity (Wildman–Crippen MR) is 82.6 cm³/mol. The van der Waals surface area contributed by atoms with Gasteiger partial charge in [-0.25, -0.2) is 0 Å². The molecule has 0 spiro atoms. The van der Waals surface area contributed by atoms with Crippen molar-refractivity contribution >= 4 is 16.6 Å². The normalized spacial score (nSPS) is 12.3. The van der Waals surface area contributed by atoms with E-state index < -0.39 is 10.8 Å². The van der Waals surface area contributed by atoms with Gasteiger partial charge in [0.2, 0.25) is 0 Å². The molecule has 0 bridgehead atoms. The second kappa shape index (κ2) is 6.62. The van der Waals surface area contributed by atoms with Crippen LogP contribution in [0, 0.1) is 0 Å². The van der Waals surface area contributed by atoms with Crippen LogP contribution in [0.25, 0.3) is 0 Å². The van der Waals surface area contributed by atoms with Crippen molar-refractivity contribution in [2.75, 3.05) is 5.75 Å². The first-order valence-electron chi connectivity index (χ1n) is 6.64. The highest BCUT2D eigenvalue weighted by Gasteiger charge is 2.12. The maximum absolute atomic E-state index is 12.1. The van der Waals surface area contributed by atoms with Crippen LogP contribution in [0.3, 0.4) is 0 Å². The van der Waals surface area contributed by atoms with E-state index in [2.05, 4.69) is 13.8 Å². The zero-order valence-corrected chi connectivity index (χ0v) is 12.5. The van der Waals surface area contributed by atoms with Crippen LogP contribution < -0.4 is 0 Å². The summed E-state index contributed by atoms with van der Waals surface area (Å²) < 4.78 is 12.1. The molecule has 1 unspecified atom stereocenters. The average Bonchev–Trinajstić information content (AvgIpc) is 2.48. The molecular weight excluding hydrogens is 268 g/mol. The van der Waals surface area contributed by atoms with Gasteiger partial charge in [-0.1, -0.05) is 56.3 Å². The molecule has 1 atom stereocenters. The third kappa shape index (κ3) is 3.64. The lowest BCUT2D eigenvalue weighted by atomic mass is 10.0. The van der Waals surface area contributed by atoms with E-state index in [9.17, 15) is 9.00 Å². The largest absolute Gasteiger partial charge is 0.293 e. The zero-order valence-electron chi connectivity index (χ0n) is 11.7. The van der Waals surface area contributed by atoms with Gasteiger partial charge in [0.05, 0.1) is 16.6 Å². The van der Waals surface area contributed by atoms with E-state index in [4.69, 9.17) is 0 Å². The number of rotatable bonds is 5. The third-order valence-electron chi connectivity index (χ3n) is 3.17. The molecule has 0 saturated carbocycles. The van der Waals surface area contributed by atoms with Gasteiger partial charge in [-0.15, -0.1) is 0 Å². The van der Waals surface area contributed by atoms with E-state index in [1.165, 1.54) is 5.56 Å². The summed E-state index contributed by atoms with van der Waals surface area (Å²) in [5, 5.41) is 0. The molecule has 0 aromatic heterocycles. The van der Waals surface area contributed by atoms with Gasteiger partial charge in [-0.3, -0.25) is 9.00 Å². The highest BCUT2D eigenvalue weighted by Crippen LogP contribution is 2.15. The quantitative estimate of drug-likeness (QED) is 0.783. The highest BCUT2D eigenvalue weighted by molar-refractivity contribution is 7.85. The van der Waals surface area contributed by atoms with Crippen LogP contribution in [0.5, 0.6) is 0 Å². The Morgan fingerprint density at radius 2 is 1.60 bits per heavy atom. The fourth-order valence-electron chi connectivity index (χ4n) is 1.91. The first-order valence-corrected chi connectivity index (χ1v) is 7.96. The van der Waals surface area contributed by atoms with E-state index in [1.807, 2.05) is 42.5 Å². The maximum atomic E-state index is 12.1. The summed E-state index contributed by atoms with van der Waals surface area (Å²) in [6.45, 7) is 4.22. The lowest BCUT2D eigenvalue weighted by Crippen LogP contribution is -2.11. The molecule has 0 amide bonds. The molecule has 0 aliphatic rings. The first-order chi connectivity index (χ1) is 9.58. The van der Waals surface area contributed by atoms with E-state index in [0.717, 1.165) is 0 Å². The van der Waals surface area contributed by atoms with E-state index in [1.54, 1.807) is 12.1 Å². The highest BCUT2D eigenvalue weighted by atomic mass is 32.2. The average molecular weight is 286 g/mol. The Morgan fingerprint density at radius 1 is 1.00 bits per heavy atom. The first kappa shape index (κ1) is 14.7. The monoisotopic (exact) mass is 286 g/mol. The minimum atomic E-state index is -1.28. The molecule has 0 saturated heterocycles. The molecule has 3 heteroatoms. The van der Waals surface area contributed by atoms with Crippen molar-refractivity contribution in [3.63, 3.8) is 0 Å². The second-order valence-electron chi connectivity index (χ2n) is 5.00. The van der Waals surface area contributed by atoms with Gasteiger partial charge in [-0.2, -0.15) is 0 Å². The van der Waals surface area contributed by atoms with Crippen molar-refractivity contribution in [3.8, 4) is 0 Å². The Balaban J connectivity index is 2.07. The molecule has 20 heavy (non-hydrogen) atoms. The summed E-state index contributed by atoms with van der Waals surface area (Å²) >= 11 is 0. The SMILES string of the molecule is CC(C)c1ccc(C(=O)CS(=O)c2ccccc2)cc1. The standard InChI is InChI=1S/C17H18O2S/c1-13(2)14-8-10-15(11-9-14)17(18)12-20(19)16-6-4-3-5-7-16/h3-11,13H,12H2,1-2H3. The fourth-order valence-corrected chi connectivity index (χ4v) is 2.94. The van der Waals surface area contributed by atoms with Gasteiger partial charge in [-0.05, 0) is 23.6 Å². The maximum Gasteiger partial charge on any atom is 0.175 e. The van der Waals surface area contributed by atoms with Crippen LogP contribution in [0.1, 0.15) is 35.7 Å². The molecule has 0 fully saturated rings. The van der Waals surface area contributed by atoms with Gasteiger partial charge < -0.3 is 0 Å². The van der Waals surface area contributed by atoms with Gasteiger partial charge in [0.15, 0.2) is 5.78 Å². The summed E-state index contributed by atoms with van der Waals surface area (Å²) in [4.78, 5) is 12.8. The van der Waals surface area contributed by atoms with E-state index in [-0.39, 0.29) is 11.5 Å². The Hall–Kier alpha value is -1.74. The Kier molecular flexibility index (Phi) is 4.85. The second-order valence-corrected chi connectivity index (χ2v) is 6.45. The number of Topliss-reactive ketones (excluding diaryl/α,β-unsaturated/α-hetero) is 1. The molecule has 0 heterocycles. The lowest BCUT2D eigenvalue weighted by molar-refractivity contribution is 0.102. The van der Waals surface area contributed by atoms with Crippen molar-refractivity contribution < 1.29 is 9.00 Å². The molecule has 0 N–H and O–H groups in total. The summed E-state index contributed by atoms with van der Waals surface area (Å²) in [5.74, 6) is 0.394. The van der Waals surface area contributed by atoms with Crippen molar-refractivity contribution in [2.45, 2.75) is 24.7 Å². The number of carbonyl (C=O) groups excluding carboxylic acids is 1. The topological polar surface area (TPSA) is 34.1 Å². The van der Waals surface area contributed by atoms with Crippen molar-refractivity contribution in [3.05, 3.63) is 65.7 Å². The zero-order chi connectivity index (χ0) is 14.5. The van der Waals surface area contributed by atoms with Gasteiger partial charge >= 0.3 is 0 Å². The summed E-state index contributed by atoms with van der Waals surface area (Å²) in [6.07, 6.45) is 0. The summed E-state index contributed by atoms with van der Waals surface area (Å²) in [7, 11) is -1.28. The summed E-state index contributed by atoms with van der Waals surface area (Å²) in [6, 6.07) is 16.7. The van der Waals surface area contributed by atoms with E-state index in [0.29, 0.717) is 16.4 Å². The minimum absolute atomic E-state index is 0.0328. The Morgan fingerprint density at radius 3 is 2.15 bits per heavy atom. The van der Waals surface area contributed by atoms with Gasteiger partial charge in [0.25, 0.3) is 0 Å². The fraction of sp³-hybridized carbons (Fsp3) is 0.235. The third-order valence-corrected chi connectivity index (χ3v) is 4.49. The smallest absolute Gasteiger partial charge is 0.175 e. The molecule has 0 aliphatic carbocycles. The number of ketones is 1. The van der Waals surface area contributed by atoms with Gasteiger partial charge in [0, 0.05) is 10.5 Å². The van der Waals surface area contributed by atoms with Crippen molar-refractivity contribution in [1.82, 2.24) is 0 Å². The van der Waals surface area contributed by atoms with Crippen LogP contribution in [0.2, 0.25) is 0 Å². The Labute approximate surface area is 122 Å².